The molecule has 138 valence electrons. The van der Waals surface area contributed by atoms with Crippen molar-refractivity contribution < 1.29 is 4.42 Å². The van der Waals surface area contributed by atoms with Gasteiger partial charge in [0.05, 0.1) is 11.8 Å². The number of rotatable bonds is 6. The van der Waals surface area contributed by atoms with Gasteiger partial charge in [0, 0.05) is 28.9 Å². The minimum absolute atomic E-state index is 0.465. The van der Waals surface area contributed by atoms with Crippen LogP contribution in [-0.4, -0.2) is 19.7 Å². The SMILES string of the molecule is CC(C)Cn1c(SCc2ccc(Cl)c3cccnc23)nnc1-c1ccco1. The second kappa shape index (κ2) is 7.74. The summed E-state index contributed by atoms with van der Waals surface area (Å²) in [5.74, 6) is 2.69. The van der Waals surface area contributed by atoms with E-state index in [1.54, 1.807) is 24.2 Å². The molecule has 0 radical (unpaired) electrons. The summed E-state index contributed by atoms with van der Waals surface area (Å²) in [6, 6.07) is 11.6. The summed E-state index contributed by atoms with van der Waals surface area (Å²) in [5, 5.41) is 11.3. The van der Waals surface area contributed by atoms with Crippen LogP contribution in [0.1, 0.15) is 19.4 Å². The number of nitrogens with zero attached hydrogens (tertiary/aromatic N) is 4. The summed E-state index contributed by atoms with van der Waals surface area (Å²) in [4.78, 5) is 4.52. The van der Waals surface area contributed by atoms with Crippen LogP contribution in [0.5, 0.6) is 0 Å². The standard InChI is InChI=1S/C20H19ClN4OS/c1-13(2)11-25-19(17-6-4-10-26-17)23-24-20(25)27-12-14-7-8-16(21)15-5-3-9-22-18(14)15/h3-10,13H,11-12H2,1-2H3. The molecule has 0 spiro atoms. The molecule has 0 aliphatic heterocycles. The molecule has 0 unspecified atom stereocenters. The fourth-order valence-electron chi connectivity index (χ4n) is 2.97. The van der Waals surface area contributed by atoms with Gasteiger partial charge in [0.25, 0.3) is 0 Å². The molecule has 5 nitrogen and oxygen atoms in total. The predicted octanol–water partition coefficient (Wildman–Crippen LogP) is 5.69. The van der Waals surface area contributed by atoms with E-state index in [2.05, 4.69) is 33.6 Å². The van der Waals surface area contributed by atoms with Crippen LogP contribution in [0.15, 0.2) is 58.4 Å². The monoisotopic (exact) mass is 398 g/mol. The highest BCUT2D eigenvalue weighted by Crippen LogP contribution is 2.31. The van der Waals surface area contributed by atoms with Crippen molar-refractivity contribution in [2.24, 2.45) is 5.92 Å². The molecule has 4 aromatic rings. The highest BCUT2D eigenvalue weighted by atomic mass is 35.5. The fraction of sp³-hybridized carbons (Fsp3) is 0.250. The van der Waals surface area contributed by atoms with E-state index in [1.807, 2.05) is 36.4 Å². The average molecular weight is 399 g/mol. The van der Waals surface area contributed by atoms with Crippen LogP contribution in [-0.2, 0) is 12.3 Å². The molecule has 7 heteroatoms. The quantitative estimate of drug-likeness (QED) is 0.390. The van der Waals surface area contributed by atoms with Crippen molar-refractivity contribution in [3.05, 3.63) is 59.4 Å². The molecule has 0 saturated heterocycles. The zero-order valence-electron chi connectivity index (χ0n) is 15.1. The van der Waals surface area contributed by atoms with Crippen LogP contribution in [0, 0.1) is 5.92 Å². The van der Waals surface area contributed by atoms with Gasteiger partial charge in [-0.25, -0.2) is 0 Å². The van der Waals surface area contributed by atoms with Crippen LogP contribution < -0.4 is 0 Å². The summed E-state index contributed by atoms with van der Waals surface area (Å²) in [7, 11) is 0. The molecular weight excluding hydrogens is 380 g/mol. The van der Waals surface area contributed by atoms with Crippen molar-refractivity contribution in [2.45, 2.75) is 31.3 Å². The van der Waals surface area contributed by atoms with Crippen molar-refractivity contribution in [3.8, 4) is 11.6 Å². The maximum absolute atomic E-state index is 6.31. The molecule has 0 atom stereocenters. The Morgan fingerprint density at radius 3 is 2.81 bits per heavy atom. The van der Waals surface area contributed by atoms with Crippen LogP contribution in [0.3, 0.4) is 0 Å². The molecule has 0 bridgehead atoms. The number of hydrogen-bond acceptors (Lipinski definition) is 5. The molecule has 3 aromatic heterocycles. The molecule has 0 aliphatic carbocycles. The molecule has 27 heavy (non-hydrogen) atoms. The lowest BCUT2D eigenvalue weighted by Gasteiger charge is -2.12. The number of pyridine rings is 1. The second-order valence-electron chi connectivity index (χ2n) is 6.68. The van der Waals surface area contributed by atoms with Gasteiger partial charge in [-0.15, -0.1) is 10.2 Å². The Morgan fingerprint density at radius 2 is 2.04 bits per heavy atom. The minimum atomic E-state index is 0.465. The van der Waals surface area contributed by atoms with E-state index in [0.29, 0.717) is 5.92 Å². The minimum Gasteiger partial charge on any atom is -0.461 e. The molecular formula is C20H19ClN4OS. The Balaban J connectivity index is 1.65. The Labute approximate surface area is 166 Å². The number of benzene rings is 1. The van der Waals surface area contributed by atoms with Gasteiger partial charge in [0.1, 0.15) is 0 Å². The van der Waals surface area contributed by atoms with Gasteiger partial charge in [0.2, 0.25) is 0 Å². The predicted molar refractivity (Wildman–Crippen MR) is 109 cm³/mol. The topological polar surface area (TPSA) is 56.7 Å². The third-order valence-corrected chi connectivity index (χ3v) is 5.51. The van der Waals surface area contributed by atoms with E-state index in [0.717, 1.165) is 50.5 Å². The number of furan rings is 1. The highest BCUT2D eigenvalue weighted by Gasteiger charge is 2.18. The fourth-order valence-corrected chi connectivity index (χ4v) is 4.12. The van der Waals surface area contributed by atoms with Gasteiger partial charge < -0.3 is 4.42 Å². The van der Waals surface area contributed by atoms with Gasteiger partial charge in [-0.2, -0.15) is 0 Å². The summed E-state index contributed by atoms with van der Waals surface area (Å²) in [6.07, 6.45) is 3.45. The first-order chi connectivity index (χ1) is 13.1. The zero-order valence-corrected chi connectivity index (χ0v) is 16.7. The lowest BCUT2D eigenvalue weighted by molar-refractivity contribution is 0.489. The smallest absolute Gasteiger partial charge is 0.200 e. The van der Waals surface area contributed by atoms with E-state index in [9.17, 15) is 0 Å². The van der Waals surface area contributed by atoms with Crippen molar-refractivity contribution in [3.63, 3.8) is 0 Å². The third-order valence-electron chi connectivity index (χ3n) is 4.16. The Hall–Kier alpha value is -2.31. The van der Waals surface area contributed by atoms with Crippen LogP contribution in [0.2, 0.25) is 5.02 Å². The highest BCUT2D eigenvalue weighted by molar-refractivity contribution is 7.98. The van der Waals surface area contributed by atoms with Gasteiger partial charge in [0.15, 0.2) is 16.7 Å². The van der Waals surface area contributed by atoms with E-state index < -0.39 is 0 Å². The van der Waals surface area contributed by atoms with E-state index in [4.69, 9.17) is 16.0 Å². The van der Waals surface area contributed by atoms with Crippen molar-refractivity contribution >= 4 is 34.3 Å². The largest absolute Gasteiger partial charge is 0.461 e. The maximum atomic E-state index is 6.31. The number of hydrogen-bond donors (Lipinski definition) is 0. The first kappa shape index (κ1) is 18.1. The lowest BCUT2D eigenvalue weighted by Crippen LogP contribution is -2.07. The zero-order chi connectivity index (χ0) is 18.8. The lowest BCUT2D eigenvalue weighted by atomic mass is 10.1. The molecule has 0 fully saturated rings. The summed E-state index contributed by atoms with van der Waals surface area (Å²) in [6.45, 7) is 5.18. The molecule has 0 N–H and O–H groups in total. The molecule has 0 aliphatic rings. The first-order valence-electron chi connectivity index (χ1n) is 8.75. The van der Waals surface area contributed by atoms with Crippen LogP contribution in [0.4, 0.5) is 0 Å². The number of thioether (sulfide) groups is 1. The van der Waals surface area contributed by atoms with E-state index in [-0.39, 0.29) is 0 Å². The van der Waals surface area contributed by atoms with Crippen molar-refractivity contribution in [2.75, 3.05) is 0 Å². The molecule has 0 saturated carbocycles. The van der Waals surface area contributed by atoms with Crippen LogP contribution in [0.25, 0.3) is 22.5 Å². The summed E-state index contributed by atoms with van der Waals surface area (Å²) < 4.78 is 7.66. The maximum Gasteiger partial charge on any atom is 0.200 e. The summed E-state index contributed by atoms with van der Waals surface area (Å²) >= 11 is 7.95. The summed E-state index contributed by atoms with van der Waals surface area (Å²) in [5.41, 5.74) is 2.05. The van der Waals surface area contributed by atoms with Gasteiger partial charge in [-0.3, -0.25) is 9.55 Å². The first-order valence-corrected chi connectivity index (χ1v) is 10.1. The van der Waals surface area contributed by atoms with Crippen molar-refractivity contribution in [1.82, 2.24) is 19.7 Å². The number of fused-ring (bicyclic) bond motifs is 1. The van der Waals surface area contributed by atoms with E-state index in [1.165, 1.54) is 0 Å². The number of aromatic nitrogens is 4. The average Bonchev–Trinajstić information content (AvgIpc) is 3.31. The number of halogens is 1. The second-order valence-corrected chi connectivity index (χ2v) is 8.03. The van der Waals surface area contributed by atoms with Gasteiger partial charge in [-0.05, 0) is 41.8 Å². The molecule has 0 amide bonds. The molecule has 1 aromatic carbocycles. The Bertz CT molecular complexity index is 1060. The third kappa shape index (κ3) is 3.73. The van der Waals surface area contributed by atoms with Crippen LogP contribution >= 0.6 is 23.4 Å². The van der Waals surface area contributed by atoms with Crippen molar-refractivity contribution in [1.29, 1.82) is 0 Å². The Kier molecular flexibility index (Phi) is 5.18. The molecule has 3 heterocycles. The Morgan fingerprint density at radius 1 is 1.15 bits per heavy atom. The van der Waals surface area contributed by atoms with Gasteiger partial charge >= 0.3 is 0 Å². The normalized spacial score (nSPS) is 11.6. The molecule has 4 rings (SSSR count). The van der Waals surface area contributed by atoms with Gasteiger partial charge in [-0.1, -0.05) is 43.3 Å². The van der Waals surface area contributed by atoms with E-state index >= 15 is 0 Å².